The Morgan fingerprint density at radius 1 is 1.06 bits per heavy atom. The van der Waals surface area contributed by atoms with Crippen molar-refractivity contribution in [1.29, 1.82) is 0 Å². The van der Waals surface area contributed by atoms with Crippen molar-refractivity contribution in [3.05, 3.63) is 59.2 Å². The van der Waals surface area contributed by atoms with E-state index in [1.54, 1.807) is 36.4 Å². The molecule has 2 aliphatic rings. The summed E-state index contributed by atoms with van der Waals surface area (Å²) in [5.41, 5.74) is 0.906. The summed E-state index contributed by atoms with van der Waals surface area (Å²) in [5, 5.41) is 21.3. The van der Waals surface area contributed by atoms with Crippen LogP contribution in [0.3, 0.4) is 0 Å². The quantitative estimate of drug-likeness (QED) is 0.336. The van der Waals surface area contributed by atoms with Gasteiger partial charge in [0.05, 0.1) is 39.0 Å². The van der Waals surface area contributed by atoms with Crippen LogP contribution < -0.4 is 9.47 Å². The van der Waals surface area contributed by atoms with Gasteiger partial charge in [-0.1, -0.05) is 18.2 Å². The zero-order valence-electron chi connectivity index (χ0n) is 19.9. The summed E-state index contributed by atoms with van der Waals surface area (Å²) in [5.74, 6) is -1.05. The number of likely N-dealkylation sites (tertiary alicyclic amines) is 1. The number of morpholine rings is 1. The molecule has 0 spiro atoms. The van der Waals surface area contributed by atoms with Gasteiger partial charge in [0.1, 0.15) is 11.5 Å². The fourth-order valence-corrected chi connectivity index (χ4v) is 4.54. The van der Waals surface area contributed by atoms with Gasteiger partial charge in [0, 0.05) is 31.7 Å². The lowest BCUT2D eigenvalue weighted by molar-refractivity contribution is -0.140. The number of aliphatic hydroxyl groups excluding tert-OH is 1. The van der Waals surface area contributed by atoms with E-state index < -0.39 is 17.7 Å². The predicted octanol–water partition coefficient (Wildman–Crippen LogP) is 2.55. The van der Waals surface area contributed by atoms with Crippen molar-refractivity contribution >= 4 is 17.4 Å². The molecule has 0 radical (unpaired) electrons. The lowest BCUT2D eigenvalue weighted by Crippen LogP contribution is -2.38. The van der Waals surface area contributed by atoms with Gasteiger partial charge in [-0.05, 0) is 36.2 Å². The fraction of sp³-hybridized carbons (Fsp3) is 0.385. The van der Waals surface area contributed by atoms with E-state index in [9.17, 15) is 19.8 Å². The van der Waals surface area contributed by atoms with Gasteiger partial charge in [0.25, 0.3) is 11.7 Å². The van der Waals surface area contributed by atoms with Crippen molar-refractivity contribution in [3.63, 3.8) is 0 Å². The maximum atomic E-state index is 13.2. The van der Waals surface area contributed by atoms with Crippen LogP contribution in [0.1, 0.15) is 23.6 Å². The molecule has 4 rings (SSSR count). The molecule has 9 heteroatoms. The highest BCUT2D eigenvalue weighted by Crippen LogP contribution is 2.42. The molecule has 0 bridgehead atoms. The second-order valence-electron chi connectivity index (χ2n) is 8.46. The van der Waals surface area contributed by atoms with Crippen molar-refractivity contribution in [2.75, 3.05) is 53.6 Å². The summed E-state index contributed by atoms with van der Waals surface area (Å²) in [4.78, 5) is 30.1. The summed E-state index contributed by atoms with van der Waals surface area (Å²) >= 11 is 0. The van der Waals surface area contributed by atoms with E-state index in [4.69, 9.17) is 14.2 Å². The van der Waals surface area contributed by atoms with Crippen LogP contribution in [0.2, 0.25) is 0 Å². The van der Waals surface area contributed by atoms with Crippen LogP contribution in [0.5, 0.6) is 17.2 Å². The van der Waals surface area contributed by atoms with Crippen LogP contribution in [0, 0.1) is 0 Å². The average Bonchev–Trinajstić information content (AvgIpc) is 3.14. The van der Waals surface area contributed by atoms with E-state index in [1.165, 1.54) is 25.2 Å². The average molecular weight is 483 g/mol. The summed E-state index contributed by atoms with van der Waals surface area (Å²) in [6.45, 7) is 4.09. The van der Waals surface area contributed by atoms with Crippen molar-refractivity contribution in [3.8, 4) is 17.2 Å². The smallest absolute Gasteiger partial charge is 0.295 e. The summed E-state index contributed by atoms with van der Waals surface area (Å²) in [6, 6.07) is 10.5. The third-order valence-corrected chi connectivity index (χ3v) is 6.38. The van der Waals surface area contributed by atoms with Crippen LogP contribution >= 0.6 is 0 Å². The third-order valence-electron chi connectivity index (χ3n) is 6.38. The summed E-state index contributed by atoms with van der Waals surface area (Å²) in [6.07, 6.45) is 0.651. The number of rotatable bonds is 8. The third kappa shape index (κ3) is 5.11. The van der Waals surface area contributed by atoms with Crippen LogP contribution in [-0.4, -0.2) is 85.3 Å². The molecule has 2 aliphatic heterocycles. The van der Waals surface area contributed by atoms with Gasteiger partial charge in [-0.25, -0.2) is 0 Å². The molecule has 35 heavy (non-hydrogen) atoms. The number of nitrogens with zero attached hydrogens (tertiary/aromatic N) is 2. The second-order valence-corrected chi connectivity index (χ2v) is 8.46. The Bertz CT molecular complexity index is 1120. The number of Topliss-reactive ketones (excluding diaryl/α,β-unsaturated/α-hetero) is 1. The van der Waals surface area contributed by atoms with Gasteiger partial charge in [-0.3, -0.25) is 14.5 Å². The number of ketones is 1. The fourth-order valence-electron chi connectivity index (χ4n) is 4.54. The van der Waals surface area contributed by atoms with E-state index in [2.05, 4.69) is 4.90 Å². The Balaban J connectivity index is 1.72. The predicted molar refractivity (Wildman–Crippen MR) is 129 cm³/mol. The number of carbonyl (C=O) groups excluding carboxylic acids is 2. The highest BCUT2D eigenvalue weighted by Gasteiger charge is 2.46. The molecule has 0 aliphatic carbocycles. The lowest BCUT2D eigenvalue weighted by Gasteiger charge is -2.29. The maximum absolute atomic E-state index is 13.2. The molecular weight excluding hydrogens is 452 g/mol. The van der Waals surface area contributed by atoms with E-state index >= 15 is 0 Å². The van der Waals surface area contributed by atoms with Gasteiger partial charge in [-0.15, -0.1) is 0 Å². The Morgan fingerprint density at radius 3 is 2.54 bits per heavy atom. The van der Waals surface area contributed by atoms with Crippen molar-refractivity contribution < 1.29 is 34.0 Å². The Morgan fingerprint density at radius 2 is 1.83 bits per heavy atom. The zero-order valence-corrected chi connectivity index (χ0v) is 19.9. The highest BCUT2D eigenvalue weighted by molar-refractivity contribution is 6.46. The minimum absolute atomic E-state index is 0.0117. The zero-order chi connectivity index (χ0) is 24.9. The van der Waals surface area contributed by atoms with Crippen LogP contribution in [0.15, 0.2) is 48.0 Å². The Labute approximate surface area is 204 Å². The van der Waals surface area contributed by atoms with E-state index in [1.807, 2.05) is 0 Å². The molecule has 2 heterocycles. The largest absolute Gasteiger partial charge is 0.507 e. The molecule has 2 N–H and O–H groups in total. The SMILES string of the molecule is COc1cccc(/C(O)=C2\C(=O)C(=O)N(CCCN3CCOCC3)C2c2ccc(O)c(OC)c2)c1. The van der Waals surface area contributed by atoms with E-state index in [0.717, 1.165) is 19.6 Å². The second kappa shape index (κ2) is 10.8. The minimum atomic E-state index is -0.833. The number of methoxy groups -OCH3 is 2. The first-order valence-corrected chi connectivity index (χ1v) is 11.5. The molecule has 0 aromatic heterocycles. The lowest BCUT2D eigenvalue weighted by atomic mass is 9.95. The molecule has 1 atom stereocenters. The van der Waals surface area contributed by atoms with Gasteiger partial charge in [0.15, 0.2) is 11.5 Å². The molecule has 0 saturated carbocycles. The number of phenols is 1. The standard InChI is InChI=1S/C26H30N2O7/c1-33-19-6-3-5-18(15-19)24(30)22-23(17-7-8-20(29)21(16-17)34-2)28(26(32)25(22)31)10-4-9-27-11-13-35-14-12-27/h3,5-8,15-16,23,29-30H,4,9-14H2,1-2H3/b24-22+. The normalized spacial score (nSPS) is 20.3. The Kier molecular flexibility index (Phi) is 7.57. The first kappa shape index (κ1) is 24.6. The number of benzene rings is 2. The Hall–Kier alpha value is -3.56. The number of aromatic hydroxyl groups is 1. The number of ether oxygens (including phenoxy) is 3. The maximum Gasteiger partial charge on any atom is 0.295 e. The number of carbonyl (C=O) groups is 2. The number of hydrogen-bond acceptors (Lipinski definition) is 8. The molecule has 9 nitrogen and oxygen atoms in total. The van der Waals surface area contributed by atoms with Crippen LogP contribution in [0.4, 0.5) is 0 Å². The number of hydrogen-bond donors (Lipinski definition) is 2. The van der Waals surface area contributed by atoms with Gasteiger partial charge >= 0.3 is 0 Å². The summed E-state index contributed by atoms with van der Waals surface area (Å²) < 4.78 is 15.9. The molecule has 2 fully saturated rings. The van der Waals surface area contributed by atoms with Crippen molar-refractivity contribution in [2.24, 2.45) is 0 Å². The van der Waals surface area contributed by atoms with Crippen molar-refractivity contribution in [2.45, 2.75) is 12.5 Å². The van der Waals surface area contributed by atoms with Gasteiger partial charge in [-0.2, -0.15) is 0 Å². The minimum Gasteiger partial charge on any atom is -0.507 e. The molecular formula is C26H30N2O7. The number of amides is 1. The number of phenolic OH excluding ortho intramolecular Hbond substituents is 1. The highest BCUT2D eigenvalue weighted by atomic mass is 16.5. The first-order chi connectivity index (χ1) is 16.9. The van der Waals surface area contributed by atoms with Crippen molar-refractivity contribution in [1.82, 2.24) is 9.80 Å². The van der Waals surface area contributed by atoms with Crippen LogP contribution in [-0.2, 0) is 14.3 Å². The topological polar surface area (TPSA) is 109 Å². The summed E-state index contributed by atoms with van der Waals surface area (Å²) in [7, 11) is 2.93. The molecule has 1 unspecified atom stereocenters. The van der Waals surface area contributed by atoms with Gasteiger partial charge in [0.2, 0.25) is 0 Å². The molecule has 1 amide bonds. The number of aliphatic hydroxyl groups is 1. The van der Waals surface area contributed by atoms with Gasteiger partial charge < -0.3 is 29.3 Å². The van der Waals surface area contributed by atoms with E-state index in [-0.39, 0.29) is 22.8 Å². The van der Waals surface area contributed by atoms with Crippen LogP contribution in [0.25, 0.3) is 5.76 Å². The molecule has 2 saturated heterocycles. The molecule has 2 aromatic carbocycles. The molecule has 186 valence electrons. The van der Waals surface area contributed by atoms with E-state index in [0.29, 0.717) is 43.1 Å². The monoisotopic (exact) mass is 482 g/mol. The first-order valence-electron chi connectivity index (χ1n) is 11.5. The molecule has 2 aromatic rings.